The smallest absolute Gasteiger partial charge is 0.123 e. The Morgan fingerprint density at radius 1 is 0.824 bits per heavy atom. The number of hydrogen-bond donors (Lipinski definition) is 0. The Bertz CT molecular complexity index is 459. The highest BCUT2D eigenvalue weighted by Gasteiger charge is 1.97. The molecule has 0 saturated heterocycles. The molecule has 0 saturated carbocycles. The van der Waals surface area contributed by atoms with E-state index in [0.29, 0.717) is 0 Å². The van der Waals surface area contributed by atoms with Crippen LogP contribution in [0.5, 0.6) is 0 Å². The predicted molar refractivity (Wildman–Crippen MR) is 72.0 cm³/mol. The maximum Gasteiger partial charge on any atom is 0.123 e. The molecule has 0 aliphatic carbocycles. The van der Waals surface area contributed by atoms with E-state index in [2.05, 4.69) is 30.5 Å². The highest BCUT2D eigenvalue weighted by Crippen LogP contribution is 2.16. The minimum atomic E-state index is -0.168. The normalized spacial score (nSPS) is 10.5. The fourth-order valence-corrected chi connectivity index (χ4v) is 2.14. The molecule has 0 fully saturated rings. The molecule has 2 aromatic carbocycles. The van der Waals surface area contributed by atoms with E-state index in [-0.39, 0.29) is 5.82 Å². The molecular weight excluding hydrogens is 231 g/mol. The van der Waals surface area contributed by atoms with Crippen LogP contribution in [-0.2, 0) is 12.8 Å². The first-order valence-electron chi connectivity index (χ1n) is 5.65. The van der Waals surface area contributed by atoms with Gasteiger partial charge in [0.1, 0.15) is 5.82 Å². The van der Waals surface area contributed by atoms with Crippen molar-refractivity contribution in [2.75, 3.05) is 6.26 Å². The third-order valence-corrected chi connectivity index (χ3v) is 3.52. The average Bonchev–Trinajstić information content (AvgIpc) is 2.39. The van der Waals surface area contributed by atoms with Crippen LogP contribution >= 0.6 is 11.8 Å². The van der Waals surface area contributed by atoms with Crippen molar-refractivity contribution in [3.8, 4) is 0 Å². The summed E-state index contributed by atoms with van der Waals surface area (Å²) in [5.41, 5.74) is 2.51. The summed E-state index contributed by atoms with van der Waals surface area (Å²) in [6.07, 6.45) is 4.03. The second-order valence-electron chi connectivity index (χ2n) is 3.97. The van der Waals surface area contributed by atoms with Gasteiger partial charge < -0.3 is 0 Å². The van der Waals surface area contributed by atoms with Gasteiger partial charge in [0.25, 0.3) is 0 Å². The van der Waals surface area contributed by atoms with Crippen LogP contribution in [0.3, 0.4) is 0 Å². The van der Waals surface area contributed by atoms with Crippen molar-refractivity contribution >= 4 is 11.8 Å². The summed E-state index contributed by atoms with van der Waals surface area (Å²) >= 11 is 1.75. The third-order valence-electron chi connectivity index (χ3n) is 2.77. The molecule has 0 amide bonds. The molecule has 0 N–H and O–H groups in total. The van der Waals surface area contributed by atoms with Gasteiger partial charge in [0.2, 0.25) is 0 Å². The van der Waals surface area contributed by atoms with E-state index < -0.39 is 0 Å². The molecule has 88 valence electrons. The summed E-state index contributed by atoms with van der Waals surface area (Å²) in [4.78, 5) is 1.29. The first kappa shape index (κ1) is 12.2. The maximum absolute atomic E-state index is 12.7. The number of benzene rings is 2. The fourth-order valence-electron chi connectivity index (χ4n) is 1.73. The van der Waals surface area contributed by atoms with E-state index in [9.17, 15) is 4.39 Å². The summed E-state index contributed by atoms with van der Waals surface area (Å²) < 4.78 is 12.7. The van der Waals surface area contributed by atoms with E-state index in [1.165, 1.54) is 28.2 Å². The zero-order valence-corrected chi connectivity index (χ0v) is 10.6. The standard InChI is InChI=1S/C15H15FS/c1-17-15-10-6-13(7-11-15)3-2-12-4-8-14(16)9-5-12/h4-11H,2-3H2,1H3. The molecular formula is C15H15FS. The minimum absolute atomic E-state index is 0.168. The second kappa shape index (κ2) is 5.87. The topological polar surface area (TPSA) is 0 Å². The molecule has 0 aromatic heterocycles. The van der Waals surface area contributed by atoms with Crippen LogP contribution in [0.2, 0.25) is 0 Å². The highest BCUT2D eigenvalue weighted by atomic mass is 32.2. The van der Waals surface area contributed by atoms with Gasteiger partial charge in [-0.15, -0.1) is 11.8 Å². The third kappa shape index (κ3) is 3.60. The van der Waals surface area contributed by atoms with Crippen molar-refractivity contribution < 1.29 is 4.39 Å². The van der Waals surface area contributed by atoms with E-state index in [0.717, 1.165) is 12.8 Å². The average molecular weight is 246 g/mol. The van der Waals surface area contributed by atoms with E-state index in [4.69, 9.17) is 0 Å². The number of rotatable bonds is 4. The summed E-state index contributed by atoms with van der Waals surface area (Å²) in [5, 5.41) is 0. The highest BCUT2D eigenvalue weighted by molar-refractivity contribution is 7.98. The molecule has 2 heteroatoms. The summed E-state index contributed by atoms with van der Waals surface area (Å²) in [6.45, 7) is 0. The lowest BCUT2D eigenvalue weighted by atomic mass is 10.0. The summed E-state index contributed by atoms with van der Waals surface area (Å²) in [5.74, 6) is -0.168. The number of halogens is 1. The first-order chi connectivity index (χ1) is 8.28. The van der Waals surface area contributed by atoms with Gasteiger partial charge >= 0.3 is 0 Å². The van der Waals surface area contributed by atoms with E-state index in [1.807, 2.05) is 12.1 Å². The largest absolute Gasteiger partial charge is 0.207 e. The van der Waals surface area contributed by atoms with Gasteiger partial charge in [-0.3, -0.25) is 0 Å². The predicted octanol–water partition coefficient (Wildman–Crippen LogP) is 4.33. The molecule has 0 bridgehead atoms. The summed E-state index contributed by atoms with van der Waals surface area (Å²) in [7, 11) is 0. The molecule has 0 radical (unpaired) electrons. The zero-order valence-electron chi connectivity index (χ0n) is 9.82. The van der Waals surface area contributed by atoms with Gasteiger partial charge in [-0.25, -0.2) is 4.39 Å². The molecule has 0 heterocycles. The van der Waals surface area contributed by atoms with Crippen LogP contribution in [-0.4, -0.2) is 6.26 Å². The Balaban J connectivity index is 1.95. The lowest BCUT2D eigenvalue weighted by Gasteiger charge is -2.03. The molecule has 0 unspecified atom stereocenters. The van der Waals surface area contributed by atoms with Crippen molar-refractivity contribution in [1.29, 1.82) is 0 Å². The van der Waals surface area contributed by atoms with Crippen LogP contribution in [0.4, 0.5) is 4.39 Å². The quantitative estimate of drug-likeness (QED) is 0.723. The van der Waals surface area contributed by atoms with Crippen LogP contribution in [0.1, 0.15) is 11.1 Å². The van der Waals surface area contributed by atoms with Gasteiger partial charge in [-0.2, -0.15) is 0 Å². The van der Waals surface area contributed by atoms with Crippen molar-refractivity contribution in [2.24, 2.45) is 0 Å². The van der Waals surface area contributed by atoms with E-state index in [1.54, 1.807) is 11.8 Å². The Kier molecular flexibility index (Phi) is 4.21. The SMILES string of the molecule is CSc1ccc(CCc2ccc(F)cc2)cc1. The second-order valence-corrected chi connectivity index (χ2v) is 4.85. The molecule has 0 aliphatic rings. The van der Waals surface area contributed by atoms with Crippen molar-refractivity contribution in [1.82, 2.24) is 0 Å². The molecule has 17 heavy (non-hydrogen) atoms. The Hall–Kier alpha value is -1.28. The minimum Gasteiger partial charge on any atom is -0.207 e. The number of aryl methyl sites for hydroxylation is 2. The van der Waals surface area contributed by atoms with Crippen molar-refractivity contribution in [2.45, 2.75) is 17.7 Å². The molecule has 0 atom stereocenters. The van der Waals surface area contributed by atoms with Gasteiger partial charge in [0.05, 0.1) is 0 Å². The maximum atomic E-state index is 12.7. The fraction of sp³-hybridized carbons (Fsp3) is 0.200. The lowest BCUT2D eigenvalue weighted by molar-refractivity contribution is 0.627. The van der Waals surface area contributed by atoms with E-state index >= 15 is 0 Å². The van der Waals surface area contributed by atoms with Crippen LogP contribution < -0.4 is 0 Å². The van der Waals surface area contributed by atoms with Gasteiger partial charge in [0, 0.05) is 4.90 Å². The molecule has 2 rings (SSSR count). The Morgan fingerprint density at radius 3 is 1.76 bits per heavy atom. The number of hydrogen-bond acceptors (Lipinski definition) is 1. The van der Waals surface area contributed by atoms with Crippen LogP contribution in [0, 0.1) is 5.82 Å². The van der Waals surface area contributed by atoms with Crippen molar-refractivity contribution in [3.63, 3.8) is 0 Å². The molecule has 0 aliphatic heterocycles. The monoisotopic (exact) mass is 246 g/mol. The molecule has 2 aromatic rings. The summed E-state index contributed by atoms with van der Waals surface area (Å²) in [6, 6.07) is 15.4. The zero-order chi connectivity index (χ0) is 12.1. The Labute approximate surface area is 106 Å². The number of thioether (sulfide) groups is 1. The Morgan fingerprint density at radius 2 is 1.29 bits per heavy atom. The van der Waals surface area contributed by atoms with Gasteiger partial charge in [0.15, 0.2) is 0 Å². The van der Waals surface area contributed by atoms with Crippen LogP contribution in [0.25, 0.3) is 0 Å². The first-order valence-corrected chi connectivity index (χ1v) is 6.88. The molecule has 0 nitrogen and oxygen atoms in total. The van der Waals surface area contributed by atoms with Crippen LogP contribution in [0.15, 0.2) is 53.4 Å². The van der Waals surface area contributed by atoms with Gasteiger partial charge in [-0.05, 0) is 54.5 Å². The lowest BCUT2D eigenvalue weighted by Crippen LogP contribution is -1.91. The van der Waals surface area contributed by atoms with Crippen molar-refractivity contribution in [3.05, 3.63) is 65.5 Å². The molecule has 0 spiro atoms. The van der Waals surface area contributed by atoms with Gasteiger partial charge in [-0.1, -0.05) is 24.3 Å².